The highest BCUT2D eigenvalue weighted by atomic mass is 35.5. The van der Waals surface area contributed by atoms with Crippen molar-refractivity contribution in [2.45, 2.75) is 0 Å². The Labute approximate surface area is 112 Å². The summed E-state index contributed by atoms with van der Waals surface area (Å²) in [6.07, 6.45) is 2.98. The van der Waals surface area contributed by atoms with E-state index in [1.165, 1.54) is 6.33 Å². The van der Waals surface area contributed by atoms with Crippen molar-refractivity contribution in [3.63, 3.8) is 0 Å². The van der Waals surface area contributed by atoms with Crippen LogP contribution >= 0.6 is 23.2 Å². The van der Waals surface area contributed by atoms with E-state index in [1.807, 2.05) is 0 Å². The lowest BCUT2D eigenvalue weighted by Gasteiger charge is -2.09. The SMILES string of the molecule is Clc1cccc(Cl)c1Nc1ncnc2nc[nH]c12. The van der Waals surface area contributed by atoms with Gasteiger partial charge in [0.1, 0.15) is 11.8 Å². The smallest absolute Gasteiger partial charge is 0.182 e. The second-order valence-corrected chi connectivity index (χ2v) is 4.36. The minimum absolute atomic E-state index is 0.522. The highest BCUT2D eigenvalue weighted by molar-refractivity contribution is 6.39. The number of para-hydroxylation sites is 1. The molecule has 2 N–H and O–H groups in total. The summed E-state index contributed by atoms with van der Waals surface area (Å²) in [5, 5.41) is 4.13. The zero-order valence-corrected chi connectivity index (χ0v) is 10.5. The third-order valence-electron chi connectivity index (χ3n) is 2.43. The van der Waals surface area contributed by atoms with E-state index in [1.54, 1.807) is 24.5 Å². The van der Waals surface area contributed by atoms with Gasteiger partial charge in [0.05, 0.1) is 22.1 Å². The molecule has 3 rings (SSSR count). The van der Waals surface area contributed by atoms with Crippen molar-refractivity contribution in [1.82, 2.24) is 19.9 Å². The highest BCUT2D eigenvalue weighted by Crippen LogP contribution is 2.33. The predicted octanol–water partition coefficient (Wildman–Crippen LogP) is 3.40. The fourth-order valence-electron chi connectivity index (χ4n) is 1.60. The summed E-state index contributed by atoms with van der Waals surface area (Å²) in [4.78, 5) is 15.2. The summed E-state index contributed by atoms with van der Waals surface area (Å²) in [7, 11) is 0. The molecule has 0 aliphatic carbocycles. The van der Waals surface area contributed by atoms with Gasteiger partial charge in [-0.2, -0.15) is 0 Å². The average molecular weight is 280 g/mol. The second kappa shape index (κ2) is 4.44. The van der Waals surface area contributed by atoms with Gasteiger partial charge in [0.2, 0.25) is 0 Å². The molecule has 0 radical (unpaired) electrons. The molecule has 2 heterocycles. The fraction of sp³-hybridized carbons (Fsp3) is 0. The van der Waals surface area contributed by atoms with Crippen molar-refractivity contribution in [2.24, 2.45) is 0 Å². The third kappa shape index (κ3) is 1.87. The fourth-order valence-corrected chi connectivity index (χ4v) is 2.09. The van der Waals surface area contributed by atoms with Gasteiger partial charge in [-0.1, -0.05) is 29.3 Å². The van der Waals surface area contributed by atoms with E-state index >= 15 is 0 Å². The maximum absolute atomic E-state index is 6.09. The minimum Gasteiger partial charge on any atom is -0.340 e. The van der Waals surface area contributed by atoms with E-state index in [0.717, 1.165) is 0 Å². The molecule has 7 heteroatoms. The Balaban J connectivity index is 2.09. The van der Waals surface area contributed by atoms with E-state index in [-0.39, 0.29) is 0 Å². The first-order valence-electron chi connectivity index (χ1n) is 5.11. The van der Waals surface area contributed by atoms with E-state index in [9.17, 15) is 0 Å². The van der Waals surface area contributed by atoms with Gasteiger partial charge in [-0.3, -0.25) is 0 Å². The molecule has 5 nitrogen and oxygen atoms in total. The van der Waals surface area contributed by atoms with Gasteiger partial charge >= 0.3 is 0 Å². The van der Waals surface area contributed by atoms with E-state index < -0.39 is 0 Å². The maximum Gasteiger partial charge on any atom is 0.182 e. The lowest BCUT2D eigenvalue weighted by Crippen LogP contribution is -1.97. The first-order chi connectivity index (χ1) is 8.75. The van der Waals surface area contributed by atoms with Gasteiger partial charge in [-0.05, 0) is 12.1 Å². The summed E-state index contributed by atoms with van der Waals surface area (Å²) < 4.78 is 0. The largest absolute Gasteiger partial charge is 0.340 e. The molecule has 0 atom stereocenters. The maximum atomic E-state index is 6.09. The number of rotatable bonds is 2. The zero-order chi connectivity index (χ0) is 12.5. The highest BCUT2D eigenvalue weighted by Gasteiger charge is 2.10. The van der Waals surface area contributed by atoms with Crippen LogP contribution in [0.5, 0.6) is 0 Å². The molecule has 0 spiro atoms. The van der Waals surface area contributed by atoms with Gasteiger partial charge in [-0.25, -0.2) is 15.0 Å². The third-order valence-corrected chi connectivity index (χ3v) is 3.06. The molecule has 2 aromatic heterocycles. The Hall–Kier alpha value is -1.85. The van der Waals surface area contributed by atoms with Crippen LogP contribution in [0.4, 0.5) is 11.5 Å². The number of hydrogen-bond donors (Lipinski definition) is 2. The molecule has 0 saturated heterocycles. The standard InChI is InChI=1S/C11H7Cl2N5/c12-6-2-1-3-7(13)8(6)18-11-9-10(15-4-14-9)16-5-17-11/h1-5H,(H2,14,15,16,17,18). The molecule has 0 saturated carbocycles. The van der Waals surface area contributed by atoms with Crippen molar-refractivity contribution in [1.29, 1.82) is 0 Å². The molecule has 0 aliphatic heterocycles. The molecule has 90 valence electrons. The van der Waals surface area contributed by atoms with E-state index in [4.69, 9.17) is 23.2 Å². The lowest BCUT2D eigenvalue weighted by molar-refractivity contribution is 1.20. The first kappa shape index (κ1) is 11.3. The molecule has 18 heavy (non-hydrogen) atoms. The number of hydrogen-bond acceptors (Lipinski definition) is 4. The summed E-state index contributed by atoms with van der Waals surface area (Å²) in [5.41, 5.74) is 1.89. The number of aromatic amines is 1. The summed E-state index contributed by atoms with van der Waals surface area (Å²) >= 11 is 12.2. The number of halogens is 2. The van der Waals surface area contributed by atoms with Crippen molar-refractivity contribution >= 4 is 45.9 Å². The van der Waals surface area contributed by atoms with Crippen LogP contribution in [0, 0.1) is 0 Å². The molecule has 0 aliphatic rings. The Bertz CT molecular complexity index is 689. The molecule has 1 aromatic carbocycles. The van der Waals surface area contributed by atoms with Gasteiger partial charge < -0.3 is 10.3 Å². The Morgan fingerprint density at radius 3 is 2.61 bits per heavy atom. The molecular weight excluding hydrogens is 273 g/mol. The number of benzene rings is 1. The van der Waals surface area contributed by atoms with Gasteiger partial charge in [-0.15, -0.1) is 0 Å². The minimum atomic E-state index is 0.522. The van der Waals surface area contributed by atoms with Crippen molar-refractivity contribution in [3.05, 3.63) is 40.9 Å². The monoisotopic (exact) mass is 279 g/mol. The number of fused-ring (bicyclic) bond motifs is 1. The Morgan fingerprint density at radius 2 is 1.83 bits per heavy atom. The van der Waals surface area contributed by atoms with Gasteiger partial charge in [0.15, 0.2) is 11.5 Å². The predicted molar refractivity (Wildman–Crippen MR) is 71.4 cm³/mol. The normalized spacial score (nSPS) is 10.8. The average Bonchev–Trinajstić information content (AvgIpc) is 2.83. The van der Waals surface area contributed by atoms with Crippen LogP contribution in [0.25, 0.3) is 11.2 Å². The molecule has 0 amide bonds. The van der Waals surface area contributed by atoms with Crippen LogP contribution in [0.1, 0.15) is 0 Å². The van der Waals surface area contributed by atoms with E-state index in [0.29, 0.717) is 32.7 Å². The van der Waals surface area contributed by atoms with Crippen LogP contribution in [-0.4, -0.2) is 19.9 Å². The number of imidazole rings is 1. The van der Waals surface area contributed by atoms with E-state index in [2.05, 4.69) is 25.3 Å². The van der Waals surface area contributed by atoms with Gasteiger partial charge in [0, 0.05) is 0 Å². The number of nitrogens with one attached hydrogen (secondary N) is 2. The van der Waals surface area contributed by atoms with Crippen LogP contribution in [0.2, 0.25) is 10.0 Å². The Morgan fingerprint density at radius 1 is 1.06 bits per heavy atom. The van der Waals surface area contributed by atoms with Crippen LogP contribution in [0.3, 0.4) is 0 Å². The summed E-state index contributed by atoms with van der Waals surface area (Å²) in [5.74, 6) is 0.576. The molecular formula is C11H7Cl2N5. The first-order valence-corrected chi connectivity index (χ1v) is 5.86. The number of H-pyrrole nitrogens is 1. The summed E-state index contributed by atoms with van der Waals surface area (Å²) in [6, 6.07) is 5.28. The van der Waals surface area contributed by atoms with Crippen LogP contribution < -0.4 is 5.32 Å². The number of anilines is 2. The molecule has 0 unspecified atom stereocenters. The molecule has 3 aromatic rings. The quantitative estimate of drug-likeness (QED) is 0.755. The lowest BCUT2D eigenvalue weighted by atomic mass is 10.3. The molecule has 0 fully saturated rings. The topological polar surface area (TPSA) is 66.5 Å². The van der Waals surface area contributed by atoms with Crippen LogP contribution in [-0.2, 0) is 0 Å². The van der Waals surface area contributed by atoms with Crippen molar-refractivity contribution in [2.75, 3.05) is 5.32 Å². The second-order valence-electron chi connectivity index (χ2n) is 3.55. The van der Waals surface area contributed by atoms with Crippen molar-refractivity contribution in [3.8, 4) is 0 Å². The van der Waals surface area contributed by atoms with Gasteiger partial charge in [0.25, 0.3) is 0 Å². The van der Waals surface area contributed by atoms with Crippen molar-refractivity contribution < 1.29 is 0 Å². The number of nitrogens with zero attached hydrogens (tertiary/aromatic N) is 3. The molecule has 0 bridgehead atoms. The summed E-state index contributed by atoms with van der Waals surface area (Å²) in [6.45, 7) is 0. The van der Waals surface area contributed by atoms with Crippen LogP contribution in [0.15, 0.2) is 30.9 Å². The number of aromatic nitrogens is 4. The zero-order valence-electron chi connectivity index (χ0n) is 8.98. The Kier molecular flexibility index (Phi) is 2.77.